The van der Waals surface area contributed by atoms with Gasteiger partial charge in [0.2, 0.25) is 5.91 Å². The Labute approximate surface area is 125 Å². The third-order valence-electron chi connectivity index (χ3n) is 4.03. The van der Waals surface area contributed by atoms with Crippen molar-refractivity contribution in [1.82, 2.24) is 5.32 Å². The topological polar surface area (TPSA) is 66.4 Å². The second-order valence-corrected chi connectivity index (χ2v) is 5.59. The van der Waals surface area contributed by atoms with Crippen molar-refractivity contribution in [1.29, 1.82) is 0 Å². The summed E-state index contributed by atoms with van der Waals surface area (Å²) < 4.78 is 37.2. The number of hydrogen-bond acceptors (Lipinski definition) is 2. The van der Waals surface area contributed by atoms with Gasteiger partial charge in [0.05, 0.1) is 11.0 Å². The molecule has 0 unspecified atom stereocenters. The number of nitrogens with one attached hydrogen (secondary N) is 1. The quantitative estimate of drug-likeness (QED) is 0.878. The molecule has 1 saturated carbocycles. The second kappa shape index (κ2) is 5.98. The van der Waals surface area contributed by atoms with E-state index in [0.29, 0.717) is 18.4 Å². The van der Waals surface area contributed by atoms with Crippen molar-refractivity contribution in [3.05, 3.63) is 35.4 Å². The fraction of sp³-hybridized carbons (Fsp3) is 0.467. The highest BCUT2D eigenvalue weighted by molar-refractivity contribution is 5.85. The SMILES string of the molecule is O=C(CC1(C(=O)O)CCC1)NCc1ccc(C(F)(F)F)cc1. The van der Waals surface area contributed by atoms with Crippen molar-refractivity contribution in [2.45, 2.75) is 38.4 Å². The van der Waals surface area contributed by atoms with Gasteiger partial charge in [0.1, 0.15) is 0 Å². The zero-order valence-corrected chi connectivity index (χ0v) is 11.7. The monoisotopic (exact) mass is 315 g/mol. The predicted molar refractivity (Wildman–Crippen MR) is 71.8 cm³/mol. The van der Waals surface area contributed by atoms with Crippen LogP contribution < -0.4 is 5.32 Å². The number of carbonyl (C=O) groups excluding carboxylic acids is 1. The van der Waals surface area contributed by atoms with Gasteiger partial charge in [-0.05, 0) is 30.5 Å². The van der Waals surface area contributed by atoms with E-state index in [4.69, 9.17) is 5.11 Å². The Bertz CT molecular complexity index is 562. The fourth-order valence-electron chi connectivity index (χ4n) is 2.45. The van der Waals surface area contributed by atoms with Gasteiger partial charge in [-0.2, -0.15) is 13.2 Å². The number of amides is 1. The predicted octanol–water partition coefficient (Wildman–Crippen LogP) is 2.97. The molecule has 1 amide bonds. The minimum atomic E-state index is -4.39. The van der Waals surface area contributed by atoms with Gasteiger partial charge in [-0.15, -0.1) is 0 Å². The van der Waals surface area contributed by atoms with Crippen molar-refractivity contribution in [2.24, 2.45) is 5.41 Å². The first-order valence-electron chi connectivity index (χ1n) is 6.89. The van der Waals surface area contributed by atoms with E-state index in [9.17, 15) is 22.8 Å². The van der Waals surface area contributed by atoms with Crippen molar-refractivity contribution < 1.29 is 27.9 Å². The van der Waals surface area contributed by atoms with Crippen LogP contribution >= 0.6 is 0 Å². The molecule has 1 aliphatic rings. The number of aliphatic carboxylic acids is 1. The Morgan fingerprint density at radius 2 is 1.77 bits per heavy atom. The number of halogens is 3. The average molecular weight is 315 g/mol. The molecule has 0 aromatic heterocycles. The molecule has 0 radical (unpaired) electrons. The fourth-order valence-corrected chi connectivity index (χ4v) is 2.45. The number of carboxylic acid groups (broad SMARTS) is 1. The van der Waals surface area contributed by atoms with Crippen LogP contribution in [0, 0.1) is 5.41 Å². The summed E-state index contributed by atoms with van der Waals surface area (Å²) in [6, 6.07) is 4.48. The number of rotatable bonds is 5. The standard InChI is InChI=1S/C15H16F3NO3/c16-15(17,18)11-4-2-10(3-5-11)9-19-12(20)8-14(13(21)22)6-1-7-14/h2-5H,1,6-9H2,(H,19,20)(H,21,22). The lowest BCUT2D eigenvalue weighted by atomic mass is 9.66. The summed E-state index contributed by atoms with van der Waals surface area (Å²) in [6.07, 6.45) is -2.73. The minimum absolute atomic E-state index is 0.0761. The van der Waals surface area contributed by atoms with E-state index in [1.165, 1.54) is 12.1 Å². The first kappa shape index (κ1) is 16.3. The maximum atomic E-state index is 12.4. The highest BCUT2D eigenvalue weighted by Gasteiger charge is 2.45. The molecule has 2 rings (SSSR count). The van der Waals surface area contributed by atoms with E-state index in [2.05, 4.69) is 5.32 Å². The molecule has 22 heavy (non-hydrogen) atoms. The van der Waals surface area contributed by atoms with Gasteiger partial charge in [0.25, 0.3) is 0 Å². The highest BCUT2D eigenvalue weighted by Crippen LogP contribution is 2.44. The average Bonchev–Trinajstić information content (AvgIpc) is 2.39. The molecular weight excluding hydrogens is 299 g/mol. The summed E-state index contributed by atoms with van der Waals surface area (Å²) in [5.74, 6) is -1.37. The summed E-state index contributed by atoms with van der Waals surface area (Å²) in [4.78, 5) is 23.0. The normalized spacial score (nSPS) is 16.7. The largest absolute Gasteiger partial charge is 0.481 e. The molecule has 1 aliphatic carbocycles. The lowest BCUT2D eigenvalue weighted by Crippen LogP contribution is -2.42. The molecule has 1 fully saturated rings. The zero-order chi connectivity index (χ0) is 16.4. The Hall–Kier alpha value is -2.05. The molecule has 2 N–H and O–H groups in total. The maximum absolute atomic E-state index is 12.4. The number of benzene rings is 1. The molecule has 0 heterocycles. The Kier molecular flexibility index (Phi) is 4.44. The van der Waals surface area contributed by atoms with Gasteiger partial charge >= 0.3 is 12.1 Å². The molecule has 0 atom stereocenters. The third kappa shape index (κ3) is 3.58. The summed E-state index contributed by atoms with van der Waals surface area (Å²) in [5, 5.41) is 11.7. The first-order chi connectivity index (χ1) is 10.2. The summed E-state index contributed by atoms with van der Waals surface area (Å²) in [6.45, 7) is 0.0761. The highest BCUT2D eigenvalue weighted by atomic mass is 19.4. The van der Waals surface area contributed by atoms with Gasteiger partial charge in [-0.3, -0.25) is 9.59 Å². The van der Waals surface area contributed by atoms with Crippen molar-refractivity contribution in [3.63, 3.8) is 0 Å². The van der Waals surface area contributed by atoms with E-state index in [1.54, 1.807) is 0 Å². The van der Waals surface area contributed by atoms with Crippen molar-refractivity contribution in [2.75, 3.05) is 0 Å². The Balaban J connectivity index is 1.87. The van der Waals surface area contributed by atoms with Crippen LogP contribution in [0.25, 0.3) is 0 Å². The van der Waals surface area contributed by atoms with Crippen LogP contribution in [0.1, 0.15) is 36.8 Å². The van der Waals surface area contributed by atoms with E-state index in [-0.39, 0.29) is 13.0 Å². The third-order valence-corrected chi connectivity index (χ3v) is 4.03. The second-order valence-electron chi connectivity index (χ2n) is 5.59. The molecule has 4 nitrogen and oxygen atoms in total. The van der Waals surface area contributed by atoms with Crippen LogP contribution in [-0.4, -0.2) is 17.0 Å². The van der Waals surface area contributed by atoms with E-state index in [0.717, 1.165) is 18.6 Å². The molecule has 120 valence electrons. The number of carbonyl (C=O) groups is 2. The van der Waals surface area contributed by atoms with Gasteiger partial charge in [0.15, 0.2) is 0 Å². The van der Waals surface area contributed by atoms with Crippen molar-refractivity contribution in [3.8, 4) is 0 Å². The van der Waals surface area contributed by atoms with Gasteiger partial charge in [-0.25, -0.2) is 0 Å². The molecule has 1 aromatic rings. The first-order valence-corrected chi connectivity index (χ1v) is 6.89. The zero-order valence-electron chi connectivity index (χ0n) is 11.7. The summed E-state index contributed by atoms with van der Waals surface area (Å²) >= 11 is 0. The van der Waals surface area contributed by atoms with Crippen LogP contribution in [0.2, 0.25) is 0 Å². The summed E-state index contributed by atoms with van der Waals surface area (Å²) in [7, 11) is 0. The van der Waals surface area contributed by atoms with Gasteiger partial charge < -0.3 is 10.4 Å². The minimum Gasteiger partial charge on any atom is -0.481 e. The Morgan fingerprint density at radius 3 is 2.18 bits per heavy atom. The number of hydrogen-bond donors (Lipinski definition) is 2. The number of carboxylic acids is 1. The van der Waals surface area contributed by atoms with Gasteiger partial charge in [0, 0.05) is 13.0 Å². The van der Waals surface area contributed by atoms with E-state index >= 15 is 0 Å². The number of alkyl halides is 3. The van der Waals surface area contributed by atoms with Gasteiger partial charge in [-0.1, -0.05) is 18.6 Å². The molecule has 7 heteroatoms. The lowest BCUT2D eigenvalue weighted by molar-refractivity contribution is -0.157. The van der Waals surface area contributed by atoms with E-state index < -0.39 is 29.0 Å². The van der Waals surface area contributed by atoms with Crippen LogP contribution in [0.5, 0.6) is 0 Å². The molecule has 0 aliphatic heterocycles. The van der Waals surface area contributed by atoms with E-state index in [1.807, 2.05) is 0 Å². The Morgan fingerprint density at radius 1 is 1.18 bits per heavy atom. The lowest BCUT2D eigenvalue weighted by Gasteiger charge is -2.36. The smallest absolute Gasteiger partial charge is 0.416 e. The van der Waals surface area contributed by atoms with Crippen LogP contribution in [0.3, 0.4) is 0 Å². The molecule has 1 aromatic carbocycles. The molecule has 0 spiro atoms. The molecule has 0 bridgehead atoms. The van der Waals surface area contributed by atoms with Crippen LogP contribution in [0.15, 0.2) is 24.3 Å². The van der Waals surface area contributed by atoms with Crippen molar-refractivity contribution >= 4 is 11.9 Å². The molecule has 0 saturated heterocycles. The molecular formula is C15H16F3NO3. The van der Waals surface area contributed by atoms with Crippen LogP contribution in [0.4, 0.5) is 13.2 Å². The van der Waals surface area contributed by atoms with Crippen LogP contribution in [-0.2, 0) is 22.3 Å². The maximum Gasteiger partial charge on any atom is 0.416 e. The summed E-state index contributed by atoms with van der Waals surface area (Å²) in [5.41, 5.74) is -1.19.